The van der Waals surface area contributed by atoms with Gasteiger partial charge in [-0.25, -0.2) is 4.79 Å². The summed E-state index contributed by atoms with van der Waals surface area (Å²) in [5.41, 5.74) is 2.68. The van der Waals surface area contributed by atoms with Gasteiger partial charge in [0.05, 0.1) is 6.54 Å². The van der Waals surface area contributed by atoms with Crippen molar-refractivity contribution in [3.63, 3.8) is 0 Å². The predicted octanol–water partition coefficient (Wildman–Crippen LogP) is 3.51. The molecule has 35 heavy (non-hydrogen) atoms. The van der Waals surface area contributed by atoms with Crippen LogP contribution in [0.1, 0.15) is 36.8 Å². The molecule has 0 radical (unpaired) electrons. The van der Waals surface area contributed by atoms with Crippen molar-refractivity contribution in [2.75, 3.05) is 32.7 Å². The molecule has 0 spiro atoms. The molecule has 0 saturated carbocycles. The molecule has 3 heterocycles. The Bertz CT molecular complexity index is 938. The quantitative estimate of drug-likeness (QED) is 0.663. The number of piperidine rings is 1. The Kier molecular flexibility index (Phi) is 7.35. The van der Waals surface area contributed by atoms with Crippen LogP contribution in [0.25, 0.3) is 0 Å². The second kappa shape index (κ2) is 10.8. The first-order valence-corrected chi connectivity index (χ1v) is 12.9. The van der Waals surface area contributed by atoms with Gasteiger partial charge < -0.3 is 14.9 Å². The van der Waals surface area contributed by atoms with Gasteiger partial charge in [0.25, 0.3) is 0 Å². The lowest BCUT2D eigenvalue weighted by Crippen LogP contribution is -2.56. The molecule has 7 heteroatoms. The van der Waals surface area contributed by atoms with Crippen molar-refractivity contribution in [3.05, 3.63) is 71.8 Å². The average Bonchev–Trinajstić information content (AvgIpc) is 3.10. The average molecular weight is 477 g/mol. The van der Waals surface area contributed by atoms with Crippen LogP contribution in [0.15, 0.2) is 60.7 Å². The molecule has 3 saturated heterocycles. The maximum Gasteiger partial charge on any atom is 0.407 e. The van der Waals surface area contributed by atoms with Gasteiger partial charge in [-0.1, -0.05) is 60.7 Å². The zero-order valence-electron chi connectivity index (χ0n) is 20.3. The van der Waals surface area contributed by atoms with E-state index in [9.17, 15) is 9.59 Å². The lowest BCUT2D eigenvalue weighted by molar-refractivity contribution is -0.135. The molecule has 2 atom stereocenters. The van der Waals surface area contributed by atoms with E-state index in [2.05, 4.69) is 70.5 Å². The molecule has 186 valence electrons. The molecule has 2 amide bonds. The van der Waals surface area contributed by atoms with Crippen LogP contribution >= 0.6 is 0 Å². The Labute approximate surface area is 207 Å². The summed E-state index contributed by atoms with van der Waals surface area (Å²) in [7, 11) is 0. The lowest BCUT2D eigenvalue weighted by atomic mass is 9.94. The molecule has 0 aliphatic carbocycles. The number of fused-ring (bicyclic) bond motifs is 2. The number of carbonyl (C=O) groups excluding carboxylic acids is 1. The highest BCUT2D eigenvalue weighted by atomic mass is 16.4. The number of rotatable bonds is 7. The number of hydrogen-bond acceptors (Lipinski definition) is 4. The first-order valence-electron chi connectivity index (χ1n) is 12.9. The molecule has 5 rings (SSSR count). The Morgan fingerprint density at radius 2 is 1.26 bits per heavy atom. The second-order valence-electron chi connectivity index (χ2n) is 10.2. The van der Waals surface area contributed by atoms with Crippen LogP contribution in [-0.2, 0) is 17.9 Å². The standard InChI is InChI=1S/C28H36N4O3/c33-27(29-13-15-30(16-14-29)28(34)35)21-32-24-11-12-25(32)18-26(17-24)31(19-22-7-3-1-4-8-22)20-23-9-5-2-6-10-23/h1-10,24-26H,11-21H2,(H,34,35). The normalized spacial score (nSPS) is 24.7. The molecule has 2 bridgehead atoms. The van der Waals surface area contributed by atoms with E-state index in [1.165, 1.54) is 16.0 Å². The largest absolute Gasteiger partial charge is 0.465 e. The predicted molar refractivity (Wildman–Crippen MR) is 135 cm³/mol. The van der Waals surface area contributed by atoms with E-state index in [1.54, 1.807) is 0 Å². The summed E-state index contributed by atoms with van der Waals surface area (Å²) in [6, 6.07) is 22.8. The highest BCUT2D eigenvalue weighted by Crippen LogP contribution is 2.38. The molecule has 0 aromatic heterocycles. The van der Waals surface area contributed by atoms with Crippen LogP contribution < -0.4 is 0 Å². The van der Waals surface area contributed by atoms with Crippen LogP contribution in [0.4, 0.5) is 4.79 Å². The smallest absolute Gasteiger partial charge is 0.407 e. The third-order valence-electron chi connectivity index (χ3n) is 8.05. The van der Waals surface area contributed by atoms with E-state index in [1.807, 2.05) is 4.90 Å². The summed E-state index contributed by atoms with van der Waals surface area (Å²) >= 11 is 0. The first kappa shape index (κ1) is 23.8. The molecular formula is C28H36N4O3. The Hall–Kier alpha value is -2.90. The zero-order valence-corrected chi connectivity index (χ0v) is 20.3. The molecule has 3 aliphatic rings. The van der Waals surface area contributed by atoms with Crippen LogP contribution in [-0.4, -0.2) is 87.6 Å². The second-order valence-corrected chi connectivity index (χ2v) is 10.2. The van der Waals surface area contributed by atoms with Gasteiger partial charge in [-0.2, -0.15) is 0 Å². The maximum atomic E-state index is 13.1. The summed E-state index contributed by atoms with van der Waals surface area (Å²) in [4.78, 5) is 32.6. The van der Waals surface area contributed by atoms with Gasteiger partial charge in [0.1, 0.15) is 0 Å². The molecule has 2 aromatic rings. The van der Waals surface area contributed by atoms with Crippen LogP contribution in [0.2, 0.25) is 0 Å². The Morgan fingerprint density at radius 3 is 1.74 bits per heavy atom. The third-order valence-corrected chi connectivity index (χ3v) is 8.05. The van der Waals surface area contributed by atoms with Crippen molar-refractivity contribution in [2.45, 2.75) is 56.9 Å². The lowest BCUT2D eigenvalue weighted by Gasteiger charge is -2.44. The molecular weight excluding hydrogens is 440 g/mol. The van der Waals surface area contributed by atoms with Gasteiger partial charge in [-0.05, 0) is 36.8 Å². The third kappa shape index (κ3) is 5.68. The fraction of sp³-hybridized carbons (Fsp3) is 0.500. The van der Waals surface area contributed by atoms with Crippen molar-refractivity contribution in [1.29, 1.82) is 0 Å². The van der Waals surface area contributed by atoms with Gasteiger partial charge in [-0.3, -0.25) is 14.6 Å². The zero-order chi connectivity index (χ0) is 24.2. The number of piperazine rings is 1. The van der Waals surface area contributed by atoms with Gasteiger partial charge in [0, 0.05) is 57.4 Å². The summed E-state index contributed by atoms with van der Waals surface area (Å²) < 4.78 is 0. The monoisotopic (exact) mass is 476 g/mol. The summed E-state index contributed by atoms with van der Waals surface area (Å²) in [5, 5.41) is 9.17. The highest BCUT2D eigenvalue weighted by Gasteiger charge is 2.43. The molecule has 2 aromatic carbocycles. The fourth-order valence-electron chi connectivity index (χ4n) is 6.16. The number of amides is 2. The Morgan fingerprint density at radius 1 is 0.771 bits per heavy atom. The number of carbonyl (C=O) groups is 2. The molecule has 2 unspecified atom stereocenters. The summed E-state index contributed by atoms with van der Waals surface area (Å²) in [5.74, 6) is 0.149. The topological polar surface area (TPSA) is 67.3 Å². The number of hydrogen-bond donors (Lipinski definition) is 1. The first-order chi connectivity index (χ1) is 17.1. The number of nitrogens with zero attached hydrogens (tertiary/aromatic N) is 4. The van der Waals surface area contributed by atoms with Crippen LogP contribution in [0, 0.1) is 0 Å². The fourth-order valence-corrected chi connectivity index (χ4v) is 6.16. The minimum Gasteiger partial charge on any atom is -0.465 e. The van der Waals surface area contributed by atoms with Crippen molar-refractivity contribution in [3.8, 4) is 0 Å². The maximum absolute atomic E-state index is 13.1. The van der Waals surface area contributed by atoms with Crippen molar-refractivity contribution in [1.82, 2.24) is 19.6 Å². The van der Waals surface area contributed by atoms with Gasteiger partial charge in [0.2, 0.25) is 5.91 Å². The van der Waals surface area contributed by atoms with E-state index >= 15 is 0 Å². The minimum absolute atomic E-state index is 0.149. The number of carboxylic acid groups (broad SMARTS) is 1. The van der Waals surface area contributed by atoms with E-state index in [0.29, 0.717) is 50.8 Å². The van der Waals surface area contributed by atoms with Crippen LogP contribution in [0.3, 0.4) is 0 Å². The van der Waals surface area contributed by atoms with Gasteiger partial charge in [0.15, 0.2) is 0 Å². The van der Waals surface area contributed by atoms with Crippen molar-refractivity contribution in [2.24, 2.45) is 0 Å². The van der Waals surface area contributed by atoms with Crippen LogP contribution in [0.5, 0.6) is 0 Å². The molecule has 1 N–H and O–H groups in total. The van der Waals surface area contributed by atoms with E-state index in [0.717, 1.165) is 38.8 Å². The molecule has 3 fully saturated rings. The SMILES string of the molecule is O=C(O)N1CCN(C(=O)CN2C3CCC2CC(N(Cc2ccccc2)Cc2ccccc2)C3)CC1. The Balaban J connectivity index is 1.23. The van der Waals surface area contributed by atoms with Gasteiger partial charge >= 0.3 is 6.09 Å². The highest BCUT2D eigenvalue weighted by molar-refractivity contribution is 5.79. The summed E-state index contributed by atoms with van der Waals surface area (Å²) in [6.07, 6.45) is 3.61. The van der Waals surface area contributed by atoms with E-state index in [4.69, 9.17) is 5.11 Å². The van der Waals surface area contributed by atoms with Crippen molar-refractivity contribution >= 4 is 12.0 Å². The van der Waals surface area contributed by atoms with E-state index in [-0.39, 0.29) is 5.91 Å². The molecule has 3 aliphatic heterocycles. The van der Waals surface area contributed by atoms with Gasteiger partial charge in [-0.15, -0.1) is 0 Å². The number of benzene rings is 2. The minimum atomic E-state index is -0.896. The summed E-state index contributed by atoms with van der Waals surface area (Å²) in [6.45, 7) is 4.15. The van der Waals surface area contributed by atoms with E-state index < -0.39 is 6.09 Å². The van der Waals surface area contributed by atoms with Crippen molar-refractivity contribution < 1.29 is 14.7 Å². The molecule has 7 nitrogen and oxygen atoms in total.